The number of nitriles is 1. The number of tetrazole rings is 1. The first-order valence-corrected chi connectivity index (χ1v) is 13.1. The van der Waals surface area contributed by atoms with Crippen LogP contribution >= 0.6 is 0 Å². The lowest BCUT2D eigenvalue weighted by atomic mass is 10.1. The number of H-pyrrole nitrogens is 1. The van der Waals surface area contributed by atoms with E-state index in [2.05, 4.69) is 57.0 Å². The summed E-state index contributed by atoms with van der Waals surface area (Å²) in [4.78, 5) is 23.2. The Hall–Kier alpha value is -5.50. The molecular formula is C26H25F2N13O2. The van der Waals surface area contributed by atoms with Gasteiger partial charge in [0.2, 0.25) is 5.82 Å². The van der Waals surface area contributed by atoms with Gasteiger partial charge in [-0.2, -0.15) is 10.1 Å². The van der Waals surface area contributed by atoms with Crippen LogP contribution in [0.4, 0.5) is 37.6 Å². The van der Waals surface area contributed by atoms with E-state index in [1.807, 2.05) is 4.90 Å². The molecule has 5 aromatic rings. The Labute approximate surface area is 242 Å². The summed E-state index contributed by atoms with van der Waals surface area (Å²) < 4.78 is 38.3. The normalized spacial score (nSPS) is 14.8. The van der Waals surface area contributed by atoms with Gasteiger partial charge in [0.1, 0.15) is 17.4 Å². The maximum absolute atomic E-state index is 13.6. The molecular weight excluding hydrogens is 564 g/mol. The fraction of sp³-hybridized carbons (Fsp3) is 0.308. The molecule has 6 rings (SSSR count). The molecule has 1 unspecified atom stereocenters. The van der Waals surface area contributed by atoms with Crippen LogP contribution in [0.3, 0.4) is 0 Å². The summed E-state index contributed by atoms with van der Waals surface area (Å²) in [6.07, 6.45) is -0.504. The van der Waals surface area contributed by atoms with E-state index in [0.717, 1.165) is 6.42 Å². The Balaban J connectivity index is 1.36. The third-order valence-electron chi connectivity index (χ3n) is 6.82. The molecule has 4 aromatic heterocycles. The Morgan fingerprint density at radius 2 is 2.00 bits per heavy atom. The summed E-state index contributed by atoms with van der Waals surface area (Å²) in [5.74, 6) is 1.12. The summed E-state index contributed by atoms with van der Waals surface area (Å²) >= 11 is 0. The van der Waals surface area contributed by atoms with Crippen molar-refractivity contribution in [2.24, 2.45) is 7.05 Å². The molecule has 1 aromatic carbocycles. The minimum Gasteiger partial charge on any atom is -0.494 e. The number of para-hydroxylation sites is 1. The van der Waals surface area contributed by atoms with Crippen LogP contribution in [0.5, 0.6) is 5.75 Å². The van der Waals surface area contributed by atoms with Crippen LogP contribution in [0.25, 0.3) is 22.6 Å². The number of alkyl halides is 2. The lowest BCUT2D eigenvalue weighted by molar-refractivity contribution is 0.121. The lowest BCUT2D eigenvalue weighted by Gasteiger charge is -2.18. The summed E-state index contributed by atoms with van der Waals surface area (Å²) in [5.41, 5.74) is 1.82. The van der Waals surface area contributed by atoms with E-state index in [9.17, 15) is 14.0 Å². The third-order valence-corrected chi connectivity index (χ3v) is 6.82. The van der Waals surface area contributed by atoms with Gasteiger partial charge in [0.15, 0.2) is 34.6 Å². The number of hydrogen-bond acceptors (Lipinski definition) is 13. The van der Waals surface area contributed by atoms with Crippen molar-refractivity contribution >= 4 is 40.0 Å². The summed E-state index contributed by atoms with van der Waals surface area (Å²) in [5, 5.41) is 28.2. The van der Waals surface area contributed by atoms with Gasteiger partial charge in [-0.3, -0.25) is 0 Å². The van der Waals surface area contributed by atoms with Crippen molar-refractivity contribution in [2.45, 2.75) is 19.0 Å². The van der Waals surface area contributed by atoms with Crippen LogP contribution in [0.15, 0.2) is 30.5 Å². The number of nitrogens with zero attached hydrogens (tertiary/aromatic N) is 10. The molecule has 1 saturated heterocycles. The molecule has 0 aliphatic carbocycles. The highest BCUT2D eigenvalue weighted by atomic mass is 19.3. The van der Waals surface area contributed by atoms with Crippen molar-refractivity contribution in [3.63, 3.8) is 0 Å². The Morgan fingerprint density at radius 3 is 2.70 bits per heavy atom. The second-order valence-corrected chi connectivity index (χ2v) is 9.55. The molecule has 15 nitrogen and oxygen atoms in total. The number of rotatable bonds is 9. The lowest BCUT2D eigenvalue weighted by Crippen LogP contribution is -2.24. The average Bonchev–Trinajstić information content (AvgIpc) is 3.77. The average molecular weight is 590 g/mol. The van der Waals surface area contributed by atoms with Gasteiger partial charge in [0.25, 0.3) is 6.43 Å². The topological polar surface area (TPSA) is 180 Å². The molecule has 0 radical (unpaired) electrons. The third kappa shape index (κ3) is 5.42. The quantitative estimate of drug-likeness (QED) is 0.228. The monoisotopic (exact) mass is 589 g/mol. The smallest absolute Gasteiger partial charge is 0.295 e. The molecule has 17 heteroatoms. The number of aromatic nitrogens is 9. The summed E-state index contributed by atoms with van der Waals surface area (Å²) in [7, 11) is 4.79. The predicted molar refractivity (Wildman–Crippen MR) is 151 cm³/mol. The van der Waals surface area contributed by atoms with E-state index in [4.69, 9.17) is 9.47 Å². The van der Waals surface area contributed by atoms with Gasteiger partial charge in [-0.25, -0.2) is 28.7 Å². The predicted octanol–water partition coefficient (Wildman–Crippen LogP) is 3.47. The van der Waals surface area contributed by atoms with E-state index >= 15 is 0 Å². The SMILES string of the molecule is COc1c(Nc2cc(Nc3cnc(N4CCC(OC)C4)c(C#N)n3)nc3nc(C(F)F)[nH]c23)cccc1-c1nnn(C)n1. The van der Waals surface area contributed by atoms with Gasteiger partial charge in [0, 0.05) is 26.3 Å². The number of anilines is 5. The highest BCUT2D eigenvalue weighted by Crippen LogP contribution is 2.38. The van der Waals surface area contributed by atoms with Crippen LogP contribution in [-0.4, -0.2) is 78.5 Å². The molecule has 1 aliphatic heterocycles. The zero-order valence-electron chi connectivity index (χ0n) is 23.2. The van der Waals surface area contributed by atoms with Gasteiger partial charge in [-0.05, 0) is 23.8 Å². The number of halogens is 2. The highest BCUT2D eigenvalue weighted by Gasteiger charge is 2.26. The molecule has 0 amide bonds. The minimum atomic E-state index is -2.85. The number of pyridine rings is 1. The van der Waals surface area contributed by atoms with Crippen LogP contribution in [-0.2, 0) is 11.8 Å². The van der Waals surface area contributed by atoms with Crippen molar-refractivity contribution in [1.29, 1.82) is 5.26 Å². The number of fused-ring (bicyclic) bond motifs is 1. The van der Waals surface area contributed by atoms with Gasteiger partial charge in [0.05, 0.1) is 43.4 Å². The highest BCUT2D eigenvalue weighted by molar-refractivity contribution is 5.92. The first-order chi connectivity index (χ1) is 20.9. The van der Waals surface area contributed by atoms with Crippen LogP contribution in [0.1, 0.15) is 24.4 Å². The van der Waals surface area contributed by atoms with Gasteiger partial charge >= 0.3 is 0 Å². The molecule has 220 valence electrons. The van der Waals surface area contributed by atoms with Crippen molar-refractivity contribution in [3.05, 3.63) is 42.0 Å². The molecule has 0 saturated carbocycles. The number of ether oxygens (including phenoxy) is 2. The van der Waals surface area contributed by atoms with Crippen LogP contribution < -0.4 is 20.3 Å². The number of hydrogen-bond donors (Lipinski definition) is 3. The number of aromatic amines is 1. The summed E-state index contributed by atoms with van der Waals surface area (Å²) in [6.45, 7) is 1.29. The molecule has 5 heterocycles. The fourth-order valence-electron chi connectivity index (χ4n) is 4.83. The summed E-state index contributed by atoms with van der Waals surface area (Å²) in [6, 6.07) is 8.97. The largest absolute Gasteiger partial charge is 0.494 e. The Bertz CT molecular complexity index is 1830. The van der Waals surface area contributed by atoms with Gasteiger partial charge < -0.3 is 30.0 Å². The maximum atomic E-state index is 13.6. The van der Waals surface area contributed by atoms with Crippen molar-refractivity contribution in [2.75, 3.05) is 42.8 Å². The second-order valence-electron chi connectivity index (χ2n) is 9.55. The molecule has 3 N–H and O–H groups in total. The zero-order valence-corrected chi connectivity index (χ0v) is 23.2. The molecule has 43 heavy (non-hydrogen) atoms. The van der Waals surface area contributed by atoms with Crippen molar-refractivity contribution < 1.29 is 18.3 Å². The second kappa shape index (κ2) is 11.4. The standard InChI is InChI=1S/C26H25F2N13O2/c1-40-38-23(37-39-40)14-5-4-6-15(21(14)43-3)31-16-9-18(34-24-20(16)35-25(36-24)22(27)28)33-19-11-30-26(17(10-29)32-19)41-8-7-13(12-41)42-2/h4-6,9,11,13,22H,7-8,12H2,1-3H3,(H3,31,32,33,34,35,36). The molecule has 1 fully saturated rings. The fourth-order valence-corrected chi connectivity index (χ4v) is 4.83. The van der Waals surface area contributed by atoms with E-state index in [-0.39, 0.29) is 34.6 Å². The molecule has 1 aliphatic rings. The van der Waals surface area contributed by atoms with E-state index in [1.165, 1.54) is 18.1 Å². The number of nitrogens with one attached hydrogen (secondary N) is 3. The van der Waals surface area contributed by atoms with Gasteiger partial charge in [-0.1, -0.05) is 6.07 Å². The van der Waals surface area contributed by atoms with Crippen molar-refractivity contribution in [3.8, 4) is 23.2 Å². The zero-order chi connectivity index (χ0) is 30.1. The number of methoxy groups -OCH3 is 2. The van der Waals surface area contributed by atoms with E-state index in [0.29, 0.717) is 47.4 Å². The van der Waals surface area contributed by atoms with Gasteiger partial charge in [-0.15, -0.1) is 10.2 Å². The number of aryl methyl sites for hydroxylation is 1. The molecule has 0 spiro atoms. The minimum absolute atomic E-state index is 0.0290. The number of imidazole rings is 1. The first kappa shape index (κ1) is 27.7. The van der Waals surface area contributed by atoms with Crippen molar-refractivity contribution in [1.82, 2.24) is 45.1 Å². The van der Waals surface area contributed by atoms with E-state index < -0.39 is 12.2 Å². The molecule has 0 bridgehead atoms. The first-order valence-electron chi connectivity index (χ1n) is 13.1. The Kier molecular flexibility index (Phi) is 7.34. The maximum Gasteiger partial charge on any atom is 0.295 e. The number of benzene rings is 1. The van der Waals surface area contributed by atoms with Crippen LogP contribution in [0, 0.1) is 11.3 Å². The Morgan fingerprint density at radius 1 is 1.14 bits per heavy atom. The van der Waals surface area contributed by atoms with E-state index in [1.54, 1.807) is 38.4 Å². The molecule has 1 atom stereocenters. The van der Waals surface area contributed by atoms with Crippen LogP contribution in [0.2, 0.25) is 0 Å².